The number of alkyl halides is 3. The van der Waals surface area contributed by atoms with Crippen LogP contribution in [0.5, 0.6) is 5.75 Å². The first-order chi connectivity index (χ1) is 10.9. The first kappa shape index (κ1) is 17.7. The third kappa shape index (κ3) is 5.49. The van der Waals surface area contributed by atoms with E-state index < -0.39 is 17.8 Å². The maximum absolute atomic E-state index is 12.4. The summed E-state index contributed by atoms with van der Waals surface area (Å²) in [4.78, 5) is 5.22. The molecular weight excluding hydrogens is 329 g/mol. The second-order valence-corrected chi connectivity index (χ2v) is 5.92. The van der Waals surface area contributed by atoms with Gasteiger partial charge in [0.1, 0.15) is 18.5 Å². The van der Waals surface area contributed by atoms with Crippen molar-refractivity contribution >= 4 is 11.3 Å². The molecule has 8 heteroatoms. The molecule has 1 aromatic heterocycles. The predicted molar refractivity (Wildman–Crippen MR) is 81.5 cm³/mol. The number of nitrogens with one attached hydrogen (secondary N) is 1. The number of hydrogen-bond acceptors (Lipinski definition) is 5. The van der Waals surface area contributed by atoms with E-state index in [-0.39, 0.29) is 12.4 Å². The molecule has 1 atom stereocenters. The summed E-state index contributed by atoms with van der Waals surface area (Å²) in [7, 11) is 0. The number of hydrogen-bond donors (Lipinski definition) is 2. The molecule has 2 rings (SSSR count). The molecule has 0 spiro atoms. The molecule has 4 nitrogen and oxygen atoms in total. The molecule has 1 heterocycles. The summed E-state index contributed by atoms with van der Waals surface area (Å²) >= 11 is 1.54. The lowest BCUT2D eigenvalue weighted by Gasteiger charge is -2.14. The minimum absolute atomic E-state index is 0.0000368. The predicted octanol–water partition coefficient (Wildman–Crippen LogP) is 3.00. The molecule has 1 aromatic carbocycles. The van der Waals surface area contributed by atoms with Gasteiger partial charge in [-0.25, -0.2) is 4.98 Å². The highest BCUT2D eigenvalue weighted by Crippen LogP contribution is 2.30. The molecule has 1 unspecified atom stereocenters. The highest BCUT2D eigenvalue weighted by molar-refractivity contribution is 7.09. The number of halogens is 3. The molecule has 0 amide bonds. The van der Waals surface area contributed by atoms with Crippen LogP contribution < -0.4 is 10.1 Å². The number of rotatable bonds is 7. The zero-order chi connectivity index (χ0) is 16.9. The summed E-state index contributed by atoms with van der Waals surface area (Å²) in [6, 6.07) is 4.38. The van der Waals surface area contributed by atoms with E-state index in [0.29, 0.717) is 13.1 Å². The number of benzene rings is 1. The summed E-state index contributed by atoms with van der Waals surface area (Å²) < 4.78 is 42.6. The molecule has 0 bridgehead atoms. The van der Waals surface area contributed by atoms with Gasteiger partial charge in [-0.1, -0.05) is 0 Å². The van der Waals surface area contributed by atoms with Gasteiger partial charge in [0.2, 0.25) is 0 Å². The first-order valence-corrected chi connectivity index (χ1v) is 7.82. The van der Waals surface area contributed by atoms with Gasteiger partial charge >= 0.3 is 6.18 Å². The van der Waals surface area contributed by atoms with Crippen molar-refractivity contribution in [2.24, 2.45) is 0 Å². The molecule has 0 aliphatic carbocycles. The van der Waals surface area contributed by atoms with Gasteiger partial charge in [0.25, 0.3) is 0 Å². The highest BCUT2D eigenvalue weighted by atomic mass is 32.1. The number of nitrogens with zero attached hydrogens (tertiary/aromatic N) is 1. The van der Waals surface area contributed by atoms with Crippen molar-refractivity contribution in [2.45, 2.75) is 25.7 Å². The monoisotopic (exact) mass is 346 g/mol. The third-order valence-electron chi connectivity index (χ3n) is 3.13. The van der Waals surface area contributed by atoms with Gasteiger partial charge in [0.05, 0.1) is 16.8 Å². The average Bonchev–Trinajstić information content (AvgIpc) is 2.90. The number of ether oxygens (including phenoxy) is 1. The van der Waals surface area contributed by atoms with E-state index in [0.717, 1.165) is 22.7 Å². The Labute approximate surface area is 135 Å². The van der Waals surface area contributed by atoms with Crippen molar-refractivity contribution in [3.8, 4) is 5.75 Å². The molecule has 23 heavy (non-hydrogen) atoms. The topological polar surface area (TPSA) is 54.4 Å². The Morgan fingerprint density at radius 2 is 2.00 bits per heavy atom. The van der Waals surface area contributed by atoms with E-state index in [1.54, 1.807) is 5.51 Å². The summed E-state index contributed by atoms with van der Waals surface area (Å²) in [6.45, 7) is 2.84. The van der Waals surface area contributed by atoms with E-state index in [4.69, 9.17) is 4.74 Å². The fourth-order valence-electron chi connectivity index (χ4n) is 1.84. The minimum Gasteiger partial charge on any atom is -0.491 e. The minimum atomic E-state index is -4.36. The largest absolute Gasteiger partial charge is 0.491 e. The van der Waals surface area contributed by atoms with Crippen LogP contribution in [0.2, 0.25) is 0 Å². The number of aliphatic hydroxyl groups is 1. The zero-order valence-electron chi connectivity index (χ0n) is 12.4. The van der Waals surface area contributed by atoms with E-state index in [9.17, 15) is 18.3 Å². The number of thiazole rings is 1. The molecule has 2 aromatic rings. The van der Waals surface area contributed by atoms with Crippen molar-refractivity contribution in [3.63, 3.8) is 0 Å². The molecule has 0 saturated carbocycles. The van der Waals surface area contributed by atoms with Crippen molar-refractivity contribution < 1.29 is 23.0 Å². The second kappa shape index (κ2) is 7.76. The second-order valence-electron chi connectivity index (χ2n) is 4.98. The van der Waals surface area contributed by atoms with E-state index in [1.165, 1.54) is 23.5 Å². The van der Waals surface area contributed by atoms with Crippen LogP contribution in [0.1, 0.15) is 16.1 Å². The summed E-state index contributed by atoms with van der Waals surface area (Å²) in [6.07, 6.45) is -5.12. The van der Waals surface area contributed by atoms with Gasteiger partial charge in [-0.05, 0) is 31.2 Å². The molecule has 2 N–H and O–H groups in total. The van der Waals surface area contributed by atoms with Crippen molar-refractivity contribution in [1.29, 1.82) is 0 Å². The van der Waals surface area contributed by atoms with E-state index in [1.807, 2.05) is 6.92 Å². The van der Waals surface area contributed by atoms with Crippen molar-refractivity contribution in [1.82, 2.24) is 10.3 Å². The number of aromatic nitrogens is 1. The Morgan fingerprint density at radius 1 is 1.30 bits per heavy atom. The average molecular weight is 346 g/mol. The van der Waals surface area contributed by atoms with E-state index in [2.05, 4.69) is 10.3 Å². The Bertz CT molecular complexity index is 614. The SMILES string of the molecule is Cc1ncsc1CNCC(O)COc1ccc(C(F)(F)F)cc1. The van der Waals surface area contributed by atoms with Crippen LogP contribution in [-0.4, -0.2) is 29.3 Å². The van der Waals surface area contributed by atoms with Gasteiger partial charge in [0.15, 0.2) is 0 Å². The van der Waals surface area contributed by atoms with E-state index >= 15 is 0 Å². The van der Waals surface area contributed by atoms with Gasteiger partial charge < -0.3 is 15.2 Å². The summed E-state index contributed by atoms with van der Waals surface area (Å²) in [5, 5.41) is 12.9. The molecule has 126 valence electrons. The molecule has 0 radical (unpaired) electrons. The Hall–Kier alpha value is -1.64. The highest BCUT2D eigenvalue weighted by Gasteiger charge is 2.30. The lowest BCUT2D eigenvalue weighted by atomic mass is 10.2. The Balaban J connectivity index is 1.72. The van der Waals surface area contributed by atoms with Crippen LogP contribution in [0.25, 0.3) is 0 Å². The van der Waals surface area contributed by atoms with Crippen LogP contribution in [-0.2, 0) is 12.7 Å². The third-order valence-corrected chi connectivity index (χ3v) is 4.07. The smallest absolute Gasteiger partial charge is 0.416 e. The van der Waals surface area contributed by atoms with Crippen LogP contribution >= 0.6 is 11.3 Å². The van der Waals surface area contributed by atoms with Crippen LogP contribution in [0, 0.1) is 6.92 Å². The van der Waals surface area contributed by atoms with Gasteiger partial charge in [-0.2, -0.15) is 13.2 Å². The lowest BCUT2D eigenvalue weighted by molar-refractivity contribution is -0.137. The quantitative estimate of drug-likeness (QED) is 0.809. The van der Waals surface area contributed by atoms with Crippen LogP contribution in [0.3, 0.4) is 0 Å². The van der Waals surface area contributed by atoms with Crippen LogP contribution in [0.4, 0.5) is 13.2 Å². The maximum atomic E-state index is 12.4. The lowest BCUT2D eigenvalue weighted by Crippen LogP contribution is -2.31. The van der Waals surface area contributed by atoms with Crippen molar-refractivity contribution in [2.75, 3.05) is 13.2 Å². The molecule has 0 saturated heterocycles. The Kier molecular flexibility index (Phi) is 5.97. The Morgan fingerprint density at radius 3 is 2.57 bits per heavy atom. The van der Waals surface area contributed by atoms with Gasteiger partial charge in [-0.15, -0.1) is 11.3 Å². The summed E-state index contributed by atoms with van der Waals surface area (Å²) in [5.41, 5.74) is 1.99. The molecule has 0 aliphatic rings. The normalized spacial score (nSPS) is 13.1. The number of aryl methyl sites for hydroxylation is 1. The number of aliphatic hydroxyl groups excluding tert-OH is 1. The van der Waals surface area contributed by atoms with Gasteiger partial charge in [0, 0.05) is 18.0 Å². The maximum Gasteiger partial charge on any atom is 0.416 e. The zero-order valence-corrected chi connectivity index (χ0v) is 13.2. The fraction of sp³-hybridized carbons (Fsp3) is 0.400. The van der Waals surface area contributed by atoms with Gasteiger partial charge in [-0.3, -0.25) is 0 Å². The standard InChI is InChI=1S/C15H17F3N2O2S/c1-10-14(23-9-20-10)7-19-6-12(21)8-22-13-4-2-11(3-5-13)15(16,17)18/h2-5,9,12,19,21H,6-8H2,1H3. The molecule has 0 aliphatic heterocycles. The summed E-state index contributed by atoms with van der Waals surface area (Å²) in [5.74, 6) is 0.287. The van der Waals surface area contributed by atoms with Crippen molar-refractivity contribution in [3.05, 3.63) is 45.9 Å². The van der Waals surface area contributed by atoms with Crippen LogP contribution in [0.15, 0.2) is 29.8 Å². The fourth-order valence-corrected chi connectivity index (χ4v) is 2.59. The molecule has 0 fully saturated rings. The first-order valence-electron chi connectivity index (χ1n) is 6.94. The molecular formula is C15H17F3N2O2S.